The molecule has 0 aliphatic rings. The molecule has 0 aliphatic heterocycles. The molecule has 0 saturated carbocycles. The van der Waals surface area contributed by atoms with Crippen LogP contribution in [0.5, 0.6) is 0 Å². The van der Waals surface area contributed by atoms with E-state index in [0.29, 0.717) is 13.0 Å². The topological polar surface area (TPSA) is 72.4 Å². The highest BCUT2D eigenvalue weighted by molar-refractivity contribution is 7.98. The van der Waals surface area contributed by atoms with Gasteiger partial charge in [0.05, 0.1) is 6.04 Å². The predicted octanol–water partition coefficient (Wildman–Crippen LogP) is 2.81. The minimum Gasteiger partial charge on any atom is -0.361 e. The number of amides is 1. The SMILES string of the molecule is CSCC[C@H](N)C(=O)N(C)CCCc1cc(-c2ccccc2)no1. The average Bonchev–Trinajstić information content (AvgIpc) is 3.08. The van der Waals surface area contributed by atoms with Gasteiger partial charge in [-0.15, -0.1) is 0 Å². The molecule has 0 aliphatic carbocycles. The molecule has 1 aromatic carbocycles. The van der Waals surface area contributed by atoms with Crippen LogP contribution in [0.1, 0.15) is 18.6 Å². The molecule has 2 N–H and O–H groups in total. The normalized spacial score (nSPS) is 12.1. The Balaban J connectivity index is 1.78. The fourth-order valence-electron chi connectivity index (χ4n) is 2.43. The largest absolute Gasteiger partial charge is 0.361 e. The van der Waals surface area contributed by atoms with Crippen molar-refractivity contribution in [3.8, 4) is 11.3 Å². The van der Waals surface area contributed by atoms with E-state index in [2.05, 4.69) is 5.16 Å². The van der Waals surface area contributed by atoms with Crippen LogP contribution in [0.25, 0.3) is 11.3 Å². The van der Waals surface area contributed by atoms with Gasteiger partial charge in [-0.25, -0.2) is 0 Å². The van der Waals surface area contributed by atoms with Crippen LogP contribution in [0.2, 0.25) is 0 Å². The molecule has 1 amide bonds. The van der Waals surface area contributed by atoms with Gasteiger partial charge in [0.2, 0.25) is 5.91 Å². The zero-order valence-corrected chi connectivity index (χ0v) is 15.1. The lowest BCUT2D eigenvalue weighted by Crippen LogP contribution is -2.42. The van der Waals surface area contributed by atoms with Crippen LogP contribution in [0.4, 0.5) is 0 Å². The molecule has 0 saturated heterocycles. The van der Waals surface area contributed by atoms with E-state index in [4.69, 9.17) is 10.3 Å². The van der Waals surface area contributed by atoms with Crippen molar-refractivity contribution < 1.29 is 9.32 Å². The summed E-state index contributed by atoms with van der Waals surface area (Å²) in [7, 11) is 1.80. The minimum absolute atomic E-state index is 0.00611. The number of carbonyl (C=O) groups is 1. The number of nitrogens with two attached hydrogens (primary N) is 1. The number of benzene rings is 1. The number of aryl methyl sites for hydroxylation is 1. The van der Waals surface area contributed by atoms with E-state index in [0.717, 1.165) is 35.6 Å². The van der Waals surface area contributed by atoms with Crippen LogP contribution in [0.3, 0.4) is 0 Å². The van der Waals surface area contributed by atoms with Gasteiger partial charge in [0.1, 0.15) is 11.5 Å². The highest BCUT2D eigenvalue weighted by atomic mass is 32.2. The molecule has 0 unspecified atom stereocenters. The first kappa shape index (κ1) is 18.5. The van der Waals surface area contributed by atoms with Crippen LogP contribution >= 0.6 is 11.8 Å². The molecule has 0 radical (unpaired) electrons. The number of thioether (sulfide) groups is 1. The number of carbonyl (C=O) groups excluding carboxylic acids is 1. The van der Waals surface area contributed by atoms with E-state index in [1.807, 2.05) is 42.7 Å². The maximum Gasteiger partial charge on any atom is 0.239 e. The molecule has 24 heavy (non-hydrogen) atoms. The summed E-state index contributed by atoms with van der Waals surface area (Å²) >= 11 is 1.70. The molecule has 0 spiro atoms. The zero-order valence-electron chi connectivity index (χ0n) is 14.3. The van der Waals surface area contributed by atoms with E-state index < -0.39 is 6.04 Å². The molecule has 6 heteroatoms. The number of aromatic nitrogens is 1. The van der Waals surface area contributed by atoms with Crippen molar-refractivity contribution in [3.05, 3.63) is 42.2 Å². The van der Waals surface area contributed by atoms with Crippen molar-refractivity contribution in [1.29, 1.82) is 0 Å². The Bertz CT molecular complexity index is 630. The highest BCUT2D eigenvalue weighted by Crippen LogP contribution is 2.19. The van der Waals surface area contributed by atoms with E-state index in [1.165, 1.54) is 0 Å². The summed E-state index contributed by atoms with van der Waals surface area (Å²) in [5, 5.41) is 4.10. The molecule has 1 aromatic heterocycles. The Labute approximate surface area is 147 Å². The fraction of sp³-hybridized carbons (Fsp3) is 0.444. The number of hydrogen-bond acceptors (Lipinski definition) is 5. The molecular weight excluding hydrogens is 322 g/mol. The number of rotatable bonds is 9. The molecule has 2 aromatic rings. The van der Waals surface area contributed by atoms with Crippen molar-refractivity contribution in [2.75, 3.05) is 25.6 Å². The average molecular weight is 347 g/mol. The Morgan fingerprint density at radius 3 is 2.83 bits per heavy atom. The van der Waals surface area contributed by atoms with Gasteiger partial charge in [-0.2, -0.15) is 11.8 Å². The Kier molecular flexibility index (Phi) is 7.34. The summed E-state index contributed by atoms with van der Waals surface area (Å²) in [6, 6.07) is 11.5. The Hall–Kier alpha value is -1.79. The monoisotopic (exact) mass is 347 g/mol. The van der Waals surface area contributed by atoms with Gasteiger partial charge in [-0.1, -0.05) is 35.5 Å². The summed E-state index contributed by atoms with van der Waals surface area (Å²) in [5.41, 5.74) is 7.80. The maximum absolute atomic E-state index is 12.1. The first-order valence-electron chi connectivity index (χ1n) is 8.12. The van der Waals surface area contributed by atoms with Crippen LogP contribution in [-0.4, -0.2) is 47.6 Å². The second-order valence-electron chi connectivity index (χ2n) is 5.80. The van der Waals surface area contributed by atoms with Gasteiger partial charge in [0.25, 0.3) is 0 Å². The first-order valence-corrected chi connectivity index (χ1v) is 9.51. The van der Waals surface area contributed by atoms with Gasteiger partial charge >= 0.3 is 0 Å². The Morgan fingerprint density at radius 2 is 2.12 bits per heavy atom. The molecular formula is C18H25N3O2S. The van der Waals surface area contributed by atoms with Crippen molar-refractivity contribution in [2.45, 2.75) is 25.3 Å². The lowest BCUT2D eigenvalue weighted by Gasteiger charge is -2.20. The number of likely N-dealkylation sites (N-methyl/N-ethyl adjacent to an activating group) is 1. The third-order valence-electron chi connectivity index (χ3n) is 3.87. The summed E-state index contributed by atoms with van der Waals surface area (Å²) in [5.74, 6) is 1.74. The van der Waals surface area contributed by atoms with Crippen molar-refractivity contribution >= 4 is 17.7 Å². The molecule has 5 nitrogen and oxygen atoms in total. The molecule has 0 fully saturated rings. The quantitative estimate of drug-likeness (QED) is 0.755. The molecule has 1 atom stereocenters. The second-order valence-corrected chi connectivity index (χ2v) is 6.78. The Morgan fingerprint density at radius 1 is 1.38 bits per heavy atom. The van der Waals surface area contributed by atoms with Crippen LogP contribution in [0.15, 0.2) is 40.9 Å². The third-order valence-corrected chi connectivity index (χ3v) is 4.52. The second kappa shape index (κ2) is 9.49. The maximum atomic E-state index is 12.1. The van der Waals surface area contributed by atoms with Gasteiger partial charge in [-0.3, -0.25) is 4.79 Å². The van der Waals surface area contributed by atoms with Crippen LogP contribution < -0.4 is 5.73 Å². The lowest BCUT2D eigenvalue weighted by molar-refractivity contribution is -0.131. The van der Waals surface area contributed by atoms with Gasteiger partial charge < -0.3 is 15.2 Å². The molecule has 130 valence electrons. The number of nitrogens with zero attached hydrogens (tertiary/aromatic N) is 2. The molecule has 2 rings (SSSR count). The predicted molar refractivity (Wildman–Crippen MR) is 98.9 cm³/mol. The van der Waals surface area contributed by atoms with E-state index in [-0.39, 0.29) is 5.91 Å². The standard InChI is InChI=1S/C18H25N3O2S/c1-21(18(22)16(19)10-12-24-2)11-6-9-15-13-17(20-23-15)14-7-4-3-5-8-14/h3-5,7-8,13,16H,6,9-12,19H2,1-2H3/t16-/m0/s1. The summed E-state index contributed by atoms with van der Waals surface area (Å²) in [4.78, 5) is 13.8. The third kappa shape index (κ3) is 5.39. The number of hydrogen-bond donors (Lipinski definition) is 1. The van der Waals surface area contributed by atoms with Crippen molar-refractivity contribution in [3.63, 3.8) is 0 Å². The highest BCUT2D eigenvalue weighted by Gasteiger charge is 2.17. The molecule has 1 heterocycles. The van der Waals surface area contributed by atoms with Crippen LogP contribution in [-0.2, 0) is 11.2 Å². The lowest BCUT2D eigenvalue weighted by atomic mass is 10.1. The van der Waals surface area contributed by atoms with E-state index in [9.17, 15) is 4.79 Å². The van der Waals surface area contributed by atoms with E-state index >= 15 is 0 Å². The van der Waals surface area contributed by atoms with E-state index in [1.54, 1.807) is 23.7 Å². The van der Waals surface area contributed by atoms with Crippen molar-refractivity contribution in [1.82, 2.24) is 10.1 Å². The molecule has 0 bridgehead atoms. The van der Waals surface area contributed by atoms with Crippen molar-refractivity contribution in [2.24, 2.45) is 5.73 Å². The van der Waals surface area contributed by atoms with Gasteiger partial charge in [0, 0.05) is 31.6 Å². The summed E-state index contributed by atoms with van der Waals surface area (Å²) in [6.07, 6.45) is 4.30. The smallest absolute Gasteiger partial charge is 0.239 e. The van der Waals surface area contributed by atoms with Gasteiger partial charge in [-0.05, 0) is 24.9 Å². The summed E-state index contributed by atoms with van der Waals surface area (Å²) < 4.78 is 5.38. The zero-order chi connectivity index (χ0) is 17.4. The summed E-state index contributed by atoms with van der Waals surface area (Å²) in [6.45, 7) is 0.660. The fourth-order valence-corrected chi connectivity index (χ4v) is 2.92. The van der Waals surface area contributed by atoms with Crippen LogP contribution in [0, 0.1) is 0 Å². The first-order chi connectivity index (χ1) is 11.6. The van der Waals surface area contributed by atoms with Gasteiger partial charge in [0.15, 0.2) is 0 Å². The minimum atomic E-state index is -0.405.